The molecule has 0 aliphatic heterocycles. The van der Waals surface area contributed by atoms with Crippen molar-refractivity contribution >= 4 is 22.6 Å². The number of nitrogens with zero attached hydrogens (tertiary/aromatic N) is 2. The van der Waals surface area contributed by atoms with Gasteiger partial charge in [-0.25, -0.2) is 9.37 Å². The molecule has 2 nitrogen and oxygen atoms in total. The Morgan fingerprint density at radius 3 is 2.75 bits per heavy atom. The maximum Gasteiger partial charge on any atom is 0.140 e. The van der Waals surface area contributed by atoms with Crippen LogP contribution in [-0.4, -0.2) is 9.55 Å². The van der Waals surface area contributed by atoms with Gasteiger partial charge in [-0.3, -0.25) is 0 Å². The van der Waals surface area contributed by atoms with Gasteiger partial charge in [0, 0.05) is 28.1 Å². The van der Waals surface area contributed by atoms with E-state index in [4.69, 9.17) is 0 Å². The van der Waals surface area contributed by atoms with Crippen LogP contribution in [0.2, 0.25) is 0 Å². The van der Waals surface area contributed by atoms with Gasteiger partial charge in [0.2, 0.25) is 0 Å². The van der Waals surface area contributed by atoms with Crippen LogP contribution in [0.4, 0.5) is 4.39 Å². The summed E-state index contributed by atoms with van der Waals surface area (Å²) in [6.45, 7) is 0.610. The highest BCUT2D eigenvalue weighted by molar-refractivity contribution is 14.1. The van der Waals surface area contributed by atoms with Crippen molar-refractivity contribution in [1.82, 2.24) is 9.55 Å². The second kappa shape index (κ2) is 5.75. The molecule has 4 heteroatoms. The van der Waals surface area contributed by atoms with Gasteiger partial charge >= 0.3 is 0 Å². The molecule has 1 aromatic heterocycles. The minimum atomic E-state index is -0.210. The van der Waals surface area contributed by atoms with Gasteiger partial charge in [-0.05, 0) is 52.4 Å². The first-order valence-corrected chi connectivity index (χ1v) is 7.32. The first kappa shape index (κ1) is 13.3. The molecule has 2 aromatic carbocycles. The summed E-state index contributed by atoms with van der Waals surface area (Å²) in [5.74, 6) is 0.686. The predicted octanol–water partition coefficient (Wildman–Crippen LogP) is 4.34. The topological polar surface area (TPSA) is 17.8 Å². The maximum atomic E-state index is 13.2. The van der Waals surface area contributed by atoms with E-state index in [1.807, 2.05) is 35.0 Å². The summed E-state index contributed by atoms with van der Waals surface area (Å²) in [6.07, 6.45) is 3.69. The number of imidazole rings is 1. The number of rotatable bonds is 3. The van der Waals surface area contributed by atoms with Crippen LogP contribution in [-0.2, 0) is 6.54 Å². The summed E-state index contributed by atoms with van der Waals surface area (Å²) in [4.78, 5) is 4.41. The Morgan fingerprint density at radius 1 is 1.10 bits per heavy atom. The molecule has 1 heterocycles. The van der Waals surface area contributed by atoms with Gasteiger partial charge in [0.1, 0.15) is 11.6 Å². The van der Waals surface area contributed by atoms with Gasteiger partial charge in [0.15, 0.2) is 0 Å². The van der Waals surface area contributed by atoms with Crippen LogP contribution in [0.15, 0.2) is 60.9 Å². The second-order valence-electron chi connectivity index (χ2n) is 4.52. The standard InChI is InChI=1S/C16H12FIN2/c17-14-5-1-3-12(9-14)11-20-8-7-19-16(20)13-4-2-6-15(18)10-13/h1-10H,11H2. The zero-order chi connectivity index (χ0) is 13.9. The Kier molecular flexibility index (Phi) is 3.82. The van der Waals surface area contributed by atoms with E-state index in [0.29, 0.717) is 6.54 Å². The molecule has 0 saturated heterocycles. The minimum absolute atomic E-state index is 0.210. The third-order valence-electron chi connectivity index (χ3n) is 3.04. The summed E-state index contributed by atoms with van der Waals surface area (Å²) in [5, 5.41) is 0. The zero-order valence-corrected chi connectivity index (χ0v) is 12.8. The van der Waals surface area contributed by atoms with Crippen molar-refractivity contribution in [1.29, 1.82) is 0 Å². The lowest BCUT2D eigenvalue weighted by Gasteiger charge is -2.08. The van der Waals surface area contributed by atoms with Crippen LogP contribution >= 0.6 is 22.6 Å². The van der Waals surface area contributed by atoms with Gasteiger partial charge in [-0.2, -0.15) is 0 Å². The molecule has 3 rings (SSSR count). The summed E-state index contributed by atoms with van der Waals surface area (Å²) in [7, 11) is 0. The highest BCUT2D eigenvalue weighted by Gasteiger charge is 2.07. The number of benzene rings is 2. The number of hydrogen-bond acceptors (Lipinski definition) is 1. The molecule has 0 saturated carbocycles. The van der Waals surface area contributed by atoms with Crippen molar-refractivity contribution in [3.63, 3.8) is 0 Å². The highest BCUT2D eigenvalue weighted by atomic mass is 127. The van der Waals surface area contributed by atoms with Gasteiger partial charge in [-0.15, -0.1) is 0 Å². The van der Waals surface area contributed by atoms with E-state index in [2.05, 4.69) is 33.6 Å². The highest BCUT2D eigenvalue weighted by Crippen LogP contribution is 2.20. The lowest BCUT2D eigenvalue weighted by atomic mass is 10.2. The molecule has 0 fully saturated rings. The van der Waals surface area contributed by atoms with Gasteiger partial charge in [0.05, 0.1) is 0 Å². The van der Waals surface area contributed by atoms with Crippen molar-refractivity contribution in [2.75, 3.05) is 0 Å². The first-order chi connectivity index (χ1) is 9.72. The van der Waals surface area contributed by atoms with Crippen LogP contribution < -0.4 is 0 Å². The third kappa shape index (κ3) is 2.90. The number of hydrogen-bond donors (Lipinski definition) is 0. The first-order valence-electron chi connectivity index (χ1n) is 6.24. The monoisotopic (exact) mass is 378 g/mol. The van der Waals surface area contributed by atoms with Gasteiger partial charge in [0.25, 0.3) is 0 Å². The second-order valence-corrected chi connectivity index (χ2v) is 5.76. The Bertz CT molecular complexity index is 737. The summed E-state index contributed by atoms with van der Waals surface area (Å²) >= 11 is 2.28. The summed E-state index contributed by atoms with van der Waals surface area (Å²) < 4.78 is 16.4. The molecule has 0 amide bonds. The lowest BCUT2D eigenvalue weighted by molar-refractivity contribution is 0.623. The predicted molar refractivity (Wildman–Crippen MR) is 85.9 cm³/mol. The molecule has 20 heavy (non-hydrogen) atoms. The van der Waals surface area contributed by atoms with Gasteiger partial charge < -0.3 is 4.57 Å². The van der Waals surface area contributed by atoms with Crippen LogP contribution in [0.1, 0.15) is 5.56 Å². The third-order valence-corrected chi connectivity index (χ3v) is 3.71. The quantitative estimate of drug-likeness (QED) is 0.620. The molecular weight excluding hydrogens is 366 g/mol. The largest absolute Gasteiger partial charge is 0.327 e. The number of halogens is 2. The van der Waals surface area contributed by atoms with E-state index >= 15 is 0 Å². The Labute approximate surface area is 130 Å². The van der Waals surface area contributed by atoms with E-state index in [1.165, 1.54) is 9.64 Å². The smallest absolute Gasteiger partial charge is 0.140 e. The van der Waals surface area contributed by atoms with E-state index in [0.717, 1.165) is 17.0 Å². The Morgan fingerprint density at radius 2 is 1.95 bits per heavy atom. The minimum Gasteiger partial charge on any atom is -0.327 e. The molecule has 0 radical (unpaired) electrons. The van der Waals surface area contributed by atoms with Crippen molar-refractivity contribution in [2.24, 2.45) is 0 Å². The molecule has 0 N–H and O–H groups in total. The number of aromatic nitrogens is 2. The van der Waals surface area contributed by atoms with Crippen LogP contribution in [0.5, 0.6) is 0 Å². The molecule has 0 bridgehead atoms. The van der Waals surface area contributed by atoms with Gasteiger partial charge in [-0.1, -0.05) is 24.3 Å². The fourth-order valence-corrected chi connectivity index (χ4v) is 2.70. The van der Waals surface area contributed by atoms with Crippen molar-refractivity contribution in [2.45, 2.75) is 6.54 Å². The summed E-state index contributed by atoms with van der Waals surface area (Å²) in [5.41, 5.74) is 1.99. The van der Waals surface area contributed by atoms with Crippen molar-refractivity contribution < 1.29 is 4.39 Å². The molecule has 0 aliphatic carbocycles. The van der Waals surface area contributed by atoms with Crippen molar-refractivity contribution in [3.05, 3.63) is 75.9 Å². The Balaban J connectivity index is 1.94. The average molecular weight is 378 g/mol. The molecule has 100 valence electrons. The molecular formula is C16H12FIN2. The van der Waals surface area contributed by atoms with E-state index < -0.39 is 0 Å². The van der Waals surface area contributed by atoms with E-state index in [-0.39, 0.29) is 5.82 Å². The molecule has 0 aliphatic rings. The fourth-order valence-electron chi connectivity index (χ4n) is 2.16. The molecule has 3 aromatic rings. The zero-order valence-electron chi connectivity index (χ0n) is 10.6. The molecule has 0 spiro atoms. The van der Waals surface area contributed by atoms with E-state index in [1.54, 1.807) is 18.3 Å². The lowest BCUT2D eigenvalue weighted by Crippen LogP contribution is -2.01. The van der Waals surface area contributed by atoms with Crippen LogP contribution in [0.3, 0.4) is 0 Å². The Hall–Kier alpha value is -1.69. The van der Waals surface area contributed by atoms with Crippen LogP contribution in [0, 0.1) is 9.39 Å². The normalized spacial score (nSPS) is 10.7. The average Bonchev–Trinajstić information content (AvgIpc) is 2.87. The fraction of sp³-hybridized carbons (Fsp3) is 0.0625. The summed E-state index contributed by atoms with van der Waals surface area (Å²) in [6, 6.07) is 14.8. The maximum absolute atomic E-state index is 13.2. The van der Waals surface area contributed by atoms with Crippen molar-refractivity contribution in [3.8, 4) is 11.4 Å². The van der Waals surface area contributed by atoms with Crippen LogP contribution in [0.25, 0.3) is 11.4 Å². The SMILES string of the molecule is Fc1cccc(Cn2ccnc2-c2cccc(I)c2)c1. The molecule has 0 unspecified atom stereocenters. The molecule has 0 atom stereocenters. The van der Waals surface area contributed by atoms with E-state index in [9.17, 15) is 4.39 Å².